The van der Waals surface area contributed by atoms with Gasteiger partial charge in [-0.15, -0.1) is 0 Å². The second kappa shape index (κ2) is 5.46. The lowest BCUT2D eigenvalue weighted by atomic mass is 9.95. The Morgan fingerprint density at radius 2 is 2.50 bits per heavy atom. The maximum Gasteiger partial charge on any atom is 0.194 e. The molecule has 2 rings (SSSR count). The normalized spacial score (nSPS) is 22.5. The third-order valence-corrected chi connectivity index (χ3v) is 3.15. The van der Waals surface area contributed by atoms with Crippen molar-refractivity contribution < 1.29 is 9.52 Å². The number of aliphatic hydroxyl groups excluding tert-OH is 1. The molecule has 0 radical (unpaired) electrons. The molecule has 1 aliphatic heterocycles. The van der Waals surface area contributed by atoms with Gasteiger partial charge in [0.25, 0.3) is 0 Å². The summed E-state index contributed by atoms with van der Waals surface area (Å²) in [5.74, 6) is 2.28. The van der Waals surface area contributed by atoms with E-state index in [0.29, 0.717) is 12.3 Å². The Morgan fingerprint density at radius 3 is 3.25 bits per heavy atom. The molecule has 1 fully saturated rings. The first-order valence-electron chi connectivity index (χ1n) is 6.01. The van der Waals surface area contributed by atoms with Gasteiger partial charge in [-0.25, -0.2) is 4.98 Å². The number of hydrogen-bond donors (Lipinski definition) is 1. The largest absolute Gasteiger partial charge is 0.446 e. The summed E-state index contributed by atoms with van der Waals surface area (Å²) >= 11 is 0. The first-order valence-corrected chi connectivity index (χ1v) is 6.01. The van der Waals surface area contributed by atoms with Crippen molar-refractivity contribution in [2.24, 2.45) is 5.92 Å². The van der Waals surface area contributed by atoms with Crippen molar-refractivity contribution in [1.29, 1.82) is 0 Å². The van der Waals surface area contributed by atoms with Gasteiger partial charge in [-0.1, -0.05) is 0 Å². The van der Waals surface area contributed by atoms with E-state index in [0.717, 1.165) is 24.6 Å². The molecular formula is C12H20N2O2. The van der Waals surface area contributed by atoms with Crippen LogP contribution in [0.4, 0.5) is 0 Å². The Labute approximate surface area is 96.3 Å². The van der Waals surface area contributed by atoms with E-state index < -0.39 is 0 Å². The predicted molar refractivity (Wildman–Crippen MR) is 61.2 cm³/mol. The van der Waals surface area contributed by atoms with Gasteiger partial charge in [-0.3, -0.25) is 0 Å². The summed E-state index contributed by atoms with van der Waals surface area (Å²) in [4.78, 5) is 6.62. The summed E-state index contributed by atoms with van der Waals surface area (Å²) < 4.78 is 5.57. The van der Waals surface area contributed by atoms with E-state index in [1.54, 1.807) is 6.20 Å². The van der Waals surface area contributed by atoms with Crippen LogP contribution in [0.3, 0.4) is 0 Å². The Kier molecular flexibility index (Phi) is 3.96. The summed E-state index contributed by atoms with van der Waals surface area (Å²) in [6, 6.07) is 0. The van der Waals surface area contributed by atoms with E-state index in [9.17, 15) is 0 Å². The van der Waals surface area contributed by atoms with Crippen molar-refractivity contribution in [3.63, 3.8) is 0 Å². The van der Waals surface area contributed by atoms with Crippen LogP contribution in [0.5, 0.6) is 0 Å². The van der Waals surface area contributed by atoms with Crippen LogP contribution in [0.1, 0.15) is 24.5 Å². The van der Waals surface area contributed by atoms with E-state index in [1.165, 1.54) is 19.4 Å². The van der Waals surface area contributed by atoms with Crippen molar-refractivity contribution in [3.05, 3.63) is 17.8 Å². The quantitative estimate of drug-likeness (QED) is 0.832. The smallest absolute Gasteiger partial charge is 0.194 e. The second-order valence-corrected chi connectivity index (χ2v) is 4.67. The fourth-order valence-electron chi connectivity index (χ4n) is 2.35. The number of piperidine rings is 1. The van der Waals surface area contributed by atoms with E-state index >= 15 is 0 Å². The fourth-order valence-corrected chi connectivity index (χ4v) is 2.35. The Balaban J connectivity index is 1.87. The van der Waals surface area contributed by atoms with Gasteiger partial charge in [0.2, 0.25) is 0 Å². The zero-order chi connectivity index (χ0) is 11.4. The van der Waals surface area contributed by atoms with Crippen molar-refractivity contribution in [2.45, 2.75) is 25.7 Å². The molecule has 1 atom stereocenters. The van der Waals surface area contributed by atoms with Crippen LogP contribution in [0.15, 0.2) is 10.6 Å². The molecule has 1 N–H and O–H groups in total. The molecule has 0 bridgehead atoms. The Hall–Kier alpha value is -0.870. The molecule has 1 aromatic rings. The maximum absolute atomic E-state index is 8.79. The van der Waals surface area contributed by atoms with Crippen LogP contribution >= 0.6 is 0 Å². The summed E-state index contributed by atoms with van der Waals surface area (Å²) in [5.41, 5.74) is 0. The molecule has 0 aliphatic carbocycles. The lowest BCUT2D eigenvalue weighted by Gasteiger charge is -2.28. The van der Waals surface area contributed by atoms with Gasteiger partial charge in [0.1, 0.15) is 5.76 Å². The molecule has 1 unspecified atom stereocenters. The topological polar surface area (TPSA) is 49.5 Å². The fraction of sp³-hybridized carbons (Fsp3) is 0.750. The Morgan fingerprint density at radius 1 is 1.62 bits per heavy atom. The van der Waals surface area contributed by atoms with Gasteiger partial charge in [0, 0.05) is 19.4 Å². The van der Waals surface area contributed by atoms with Crippen LogP contribution in [-0.2, 0) is 12.8 Å². The van der Waals surface area contributed by atoms with E-state index in [4.69, 9.17) is 9.52 Å². The monoisotopic (exact) mass is 224 g/mol. The number of aromatic nitrogens is 1. The molecule has 16 heavy (non-hydrogen) atoms. The molecule has 0 amide bonds. The third-order valence-electron chi connectivity index (χ3n) is 3.15. The molecule has 1 aromatic heterocycles. The zero-order valence-corrected chi connectivity index (χ0v) is 9.85. The van der Waals surface area contributed by atoms with Crippen LogP contribution in [0.25, 0.3) is 0 Å². The minimum absolute atomic E-state index is 0.126. The average Bonchev–Trinajstić information content (AvgIpc) is 2.66. The van der Waals surface area contributed by atoms with Gasteiger partial charge < -0.3 is 14.4 Å². The minimum Gasteiger partial charge on any atom is -0.446 e. The molecule has 90 valence electrons. The van der Waals surface area contributed by atoms with Crippen molar-refractivity contribution in [2.75, 3.05) is 26.7 Å². The van der Waals surface area contributed by atoms with E-state index in [2.05, 4.69) is 16.9 Å². The molecule has 1 saturated heterocycles. The van der Waals surface area contributed by atoms with Crippen molar-refractivity contribution in [3.8, 4) is 0 Å². The first kappa shape index (κ1) is 11.6. The summed E-state index contributed by atoms with van der Waals surface area (Å²) in [6.45, 7) is 2.47. The standard InChI is InChI=1S/C12H20N2O2/c1-14-5-2-3-10(9-14)7-12-13-8-11(16-12)4-6-15/h8,10,15H,2-7,9H2,1H3. The second-order valence-electron chi connectivity index (χ2n) is 4.67. The lowest BCUT2D eigenvalue weighted by Crippen LogP contribution is -2.33. The lowest BCUT2D eigenvalue weighted by molar-refractivity contribution is 0.201. The molecule has 4 heteroatoms. The summed E-state index contributed by atoms with van der Waals surface area (Å²) in [6.07, 6.45) is 5.76. The minimum atomic E-state index is 0.126. The highest BCUT2D eigenvalue weighted by Crippen LogP contribution is 2.19. The average molecular weight is 224 g/mol. The molecule has 4 nitrogen and oxygen atoms in total. The summed E-state index contributed by atoms with van der Waals surface area (Å²) in [7, 11) is 2.17. The highest BCUT2D eigenvalue weighted by molar-refractivity contribution is 4.95. The molecule has 0 aromatic carbocycles. The number of rotatable bonds is 4. The van der Waals surface area contributed by atoms with Crippen LogP contribution < -0.4 is 0 Å². The van der Waals surface area contributed by atoms with Gasteiger partial charge in [0.05, 0.1) is 12.8 Å². The van der Waals surface area contributed by atoms with Gasteiger partial charge in [-0.05, 0) is 32.4 Å². The number of nitrogens with zero attached hydrogens (tertiary/aromatic N) is 2. The predicted octanol–water partition coefficient (Wildman–Crippen LogP) is 1.09. The number of hydrogen-bond acceptors (Lipinski definition) is 4. The first-order chi connectivity index (χ1) is 7.78. The van der Waals surface area contributed by atoms with Crippen molar-refractivity contribution >= 4 is 0 Å². The number of oxazole rings is 1. The van der Waals surface area contributed by atoms with Crippen LogP contribution in [-0.4, -0.2) is 41.7 Å². The molecule has 2 heterocycles. The van der Waals surface area contributed by atoms with Crippen LogP contribution in [0.2, 0.25) is 0 Å². The highest BCUT2D eigenvalue weighted by Gasteiger charge is 2.19. The van der Waals surface area contributed by atoms with E-state index in [1.807, 2.05) is 0 Å². The summed E-state index contributed by atoms with van der Waals surface area (Å²) in [5, 5.41) is 8.79. The Bertz CT molecular complexity index is 325. The number of likely N-dealkylation sites (tertiary alicyclic amines) is 1. The zero-order valence-electron chi connectivity index (χ0n) is 9.85. The highest BCUT2D eigenvalue weighted by atomic mass is 16.4. The van der Waals surface area contributed by atoms with Crippen molar-refractivity contribution in [1.82, 2.24) is 9.88 Å². The maximum atomic E-state index is 8.79. The SMILES string of the molecule is CN1CCCC(Cc2ncc(CCO)o2)C1. The third kappa shape index (κ3) is 3.06. The molecular weight excluding hydrogens is 204 g/mol. The molecule has 0 spiro atoms. The van der Waals surface area contributed by atoms with Crippen LogP contribution in [0, 0.1) is 5.92 Å². The van der Waals surface area contributed by atoms with Gasteiger partial charge >= 0.3 is 0 Å². The van der Waals surface area contributed by atoms with E-state index in [-0.39, 0.29) is 6.61 Å². The number of aliphatic hydroxyl groups is 1. The van der Waals surface area contributed by atoms with Gasteiger partial charge in [-0.2, -0.15) is 0 Å². The van der Waals surface area contributed by atoms with Gasteiger partial charge in [0.15, 0.2) is 5.89 Å². The molecule has 0 saturated carbocycles. The molecule has 1 aliphatic rings.